The Bertz CT molecular complexity index is 488. The molecule has 0 fully saturated rings. The van der Waals surface area contributed by atoms with Gasteiger partial charge in [0.25, 0.3) is 5.91 Å². The first-order valence-corrected chi connectivity index (χ1v) is 6.40. The van der Waals surface area contributed by atoms with Crippen molar-refractivity contribution in [2.45, 2.75) is 32.2 Å². The quantitative estimate of drug-likeness (QED) is 0.659. The minimum Gasteiger partial charge on any atom is -0.496 e. The summed E-state index contributed by atoms with van der Waals surface area (Å²) in [6, 6.07) is 4.72. The van der Waals surface area contributed by atoms with Gasteiger partial charge in [-0.15, -0.1) is 0 Å². The molecule has 20 heavy (non-hydrogen) atoms. The average molecular weight is 280 g/mol. The number of amides is 1. The van der Waals surface area contributed by atoms with Gasteiger partial charge in [-0.2, -0.15) is 0 Å². The number of nitrogen functional groups attached to an aromatic ring is 1. The van der Waals surface area contributed by atoms with E-state index in [1.807, 2.05) is 6.92 Å². The molecule has 1 amide bonds. The largest absolute Gasteiger partial charge is 0.496 e. The van der Waals surface area contributed by atoms with Gasteiger partial charge in [-0.1, -0.05) is 0 Å². The molecule has 110 valence electrons. The lowest BCUT2D eigenvalue weighted by Gasteiger charge is -2.15. The third-order valence-corrected chi connectivity index (χ3v) is 2.88. The number of rotatable bonds is 7. The van der Waals surface area contributed by atoms with Crippen molar-refractivity contribution in [2.75, 3.05) is 12.8 Å². The summed E-state index contributed by atoms with van der Waals surface area (Å²) in [4.78, 5) is 22.5. The van der Waals surface area contributed by atoms with E-state index < -0.39 is 5.97 Å². The lowest BCUT2D eigenvalue weighted by molar-refractivity contribution is -0.137. The number of hydrogen-bond acceptors (Lipinski definition) is 4. The summed E-state index contributed by atoms with van der Waals surface area (Å²) in [5.41, 5.74) is 6.56. The summed E-state index contributed by atoms with van der Waals surface area (Å²) in [5.74, 6) is -0.673. The first-order chi connectivity index (χ1) is 9.43. The summed E-state index contributed by atoms with van der Waals surface area (Å²) in [6.45, 7) is 1.84. The molecule has 0 aliphatic carbocycles. The molecular weight excluding hydrogens is 260 g/mol. The molecule has 1 aromatic carbocycles. The van der Waals surface area contributed by atoms with Crippen LogP contribution in [0.15, 0.2) is 18.2 Å². The van der Waals surface area contributed by atoms with Crippen LogP contribution in [0.3, 0.4) is 0 Å². The standard InChI is InChI=1S/C14H20N2O4/c1-9(4-3-5-13(17)18)16-14(19)11-7-6-10(15)8-12(11)20-2/h6-9H,3-5,15H2,1-2H3,(H,16,19)(H,17,18). The van der Waals surface area contributed by atoms with Crippen molar-refractivity contribution in [1.29, 1.82) is 0 Å². The monoisotopic (exact) mass is 280 g/mol. The van der Waals surface area contributed by atoms with Crippen molar-refractivity contribution in [3.63, 3.8) is 0 Å². The van der Waals surface area contributed by atoms with Gasteiger partial charge in [0.05, 0.1) is 12.7 Å². The van der Waals surface area contributed by atoms with E-state index in [-0.39, 0.29) is 18.4 Å². The van der Waals surface area contributed by atoms with Crippen LogP contribution in [-0.2, 0) is 4.79 Å². The van der Waals surface area contributed by atoms with E-state index in [4.69, 9.17) is 15.6 Å². The second-order valence-corrected chi connectivity index (χ2v) is 4.62. The van der Waals surface area contributed by atoms with Gasteiger partial charge in [0.15, 0.2) is 0 Å². The van der Waals surface area contributed by atoms with Crippen molar-refractivity contribution in [3.05, 3.63) is 23.8 Å². The van der Waals surface area contributed by atoms with E-state index in [0.29, 0.717) is 29.8 Å². The minimum atomic E-state index is -0.830. The molecule has 0 bridgehead atoms. The molecule has 4 N–H and O–H groups in total. The summed E-state index contributed by atoms with van der Waals surface area (Å²) >= 11 is 0. The number of hydrogen-bond donors (Lipinski definition) is 3. The van der Waals surface area contributed by atoms with Gasteiger partial charge in [0.1, 0.15) is 5.75 Å². The fourth-order valence-corrected chi connectivity index (χ4v) is 1.83. The number of carboxylic acid groups (broad SMARTS) is 1. The van der Waals surface area contributed by atoms with Gasteiger partial charge in [-0.3, -0.25) is 9.59 Å². The number of carbonyl (C=O) groups excluding carboxylic acids is 1. The Morgan fingerprint density at radius 2 is 2.15 bits per heavy atom. The Kier molecular flexibility index (Phi) is 5.83. The average Bonchev–Trinajstić information content (AvgIpc) is 2.37. The smallest absolute Gasteiger partial charge is 0.303 e. The molecule has 1 aromatic rings. The van der Waals surface area contributed by atoms with Gasteiger partial charge < -0.3 is 20.9 Å². The van der Waals surface area contributed by atoms with Gasteiger partial charge in [-0.05, 0) is 31.9 Å². The van der Waals surface area contributed by atoms with E-state index >= 15 is 0 Å². The Hall–Kier alpha value is -2.24. The second kappa shape index (κ2) is 7.37. The van der Waals surface area contributed by atoms with Crippen LogP contribution in [0.2, 0.25) is 0 Å². The highest BCUT2D eigenvalue weighted by Crippen LogP contribution is 2.21. The zero-order valence-corrected chi connectivity index (χ0v) is 11.7. The van der Waals surface area contributed by atoms with Crippen LogP contribution >= 0.6 is 0 Å². The van der Waals surface area contributed by atoms with E-state index in [2.05, 4.69) is 5.32 Å². The highest BCUT2D eigenvalue weighted by Gasteiger charge is 2.14. The van der Waals surface area contributed by atoms with E-state index in [0.717, 1.165) is 0 Å². The molecule has 1 rings (SSSR count). The maximum atomic E-state index is 12.1. The predicted octanol–water partition coefficient (Wildman–Crippen LogP) is 1.65. The summed E-state index contributed by atoms with van der Waals surface area (Å²) < 4.78 is 5.12. The van der Waals surface area contributed by atoms with E-state index in [9.17, 15) is 9.59 Å². The second-order valence-electron chi connectivity index (χ2n) is 4.62. The highest BCUT2D eigenvalue weighted by atomic mass is 16.5. The van der Waals surface area contributed by atoms with Crippen molar-refractivity contribution in [1.82, 2.24) is 5.32 Å². The van der Waals surface area contributed by atoms with E-state index in [1.54, 1.807) is 18.2 Å². The molecule has 0 aliphatic heterocycles. The third-order valence-electron chi connectivity index (χ3n) is 2.88. The zero-order valence-electron chi connectivity index (χ0n) is 11.7. The molecule has 0 aromatic heterocycles. The van der Waals surface area contributed by atoms with Gasteiger partial charge >= 0.3 is 5.97 Å². The highest BCUT2D eigenvalue weighted by molar-refractivity contribution is 5.97. The van der Waals surface area contributed by atoms with Crippen molar-refractivity contribution < 1.29 is 19.4 Å². The van der Waals surface area contributed by atoms with Gasteiger partial charge in [-0.25, -0.2) is 0 Å². The number of anilines is 1. The molecule has 0 heterocycles. The number of ether oxygens (including phenoxy) is 1. The molecule has 6 heteroatoms. The number of nitrogens with two attached hydrogens (primary N) is 1. The van der Waals surface area contributed by atoms with Gasteiger partial charge in [0, 0.05) is 24.2 Å². The molecule has 0 saturated heterocycles. The number of carboxylic acids is 1. The summed E-state index contributed by atoms with van der Waals surface area (Å²) in [6.07, 6.45) is 1.23. The Morgan fingerprint density at radius 3 is 2.75 bits per heavy atom. The first-order valence-electron chi connectivity index (χ1n) is 6.40. The molecule has 6 nitrogen and oxygen atoms in total. The maximum absolute atomic E-state index is 12.1. The molecule has 0 spiro atoms. The van der Waals surface area contributed by atoms with Crippen LogP contribution in [0, 0.1) is 0 Å². The predicted molar refractivity (Wildman–Crippen MR) is 75.8 cm³/mol. The molecule has 0 radical (unpaired) electrons. The topological polar surface area (TPSA) is 102 Å². The van der Waals surface area contributed by atoms with Crippen LogP contribution in [0.25, 0.3) is 0 Å². The Balaban J connectivity index is 2.60. The number of benzene rings is 1. The SMILES string of the molecule is COc1cc(N)ccc1C(=O)NC(C)CCCC(=O)O. The molecule has 1 atom stereocenters. The van der Waals surface area contributed by atoms with Crippen LogP contribution in [-0.4, -0.2) is 30.1 Å². The number of nitrogens with one attached hydrogen (secondary N) is 1. The number of aliphatic carboxylic acids is 1. The lowest BCUT2D eigenvalue weighted by Crippen LogP contribution is -2.32. The zero-order chi connectivity index (χ0) is 15.1. The van der Waals surface area contributed by atoms with Crippen LogP contribution in [0.4, 0.5) is 5.69 Å². The van der Waals surface area contributed by atoms with Crippen molar-refractivity contribution in [3.8, 4) is 5.75 Å². The van der Waals surface area contributed by atoms with E-state index in [1.165, 1.54) is 7.11 Å². The number of methoxy groups -OCH3 is 1. The summed E-state index contributed by atoms with van der Waals surface area (Å²) in [7, 11) is 1.47. The summed E-state index contributed by atoms with van der Waals surface area (Å²) in [5, 5.41) is 11.4. The fourth-order valence-electron chi connectivity index (χ4n) is 1.83. The Labute approximate surface area is 117 Å². The van der Waals surface area contributed by atoms with Gasteiger partial charge in [0.2, 0.25) is 0 Å². The lowest BCUT2D eigenvalue weighted by atomic mass is 10.1. The number of carbonyl (C=O) groups is 2. The molecular formula is C14H20N2O4. The molecule has 0 aliphatic rings. The molecule has 1 unspecified atom stereocenters. The Morgan fingerprint density at radius 1 is 1.45 bits per heavy atom. The van der Waals surface area contributed by atoms with Crippen LogP contribution in [0.5, 0.6) is 5.75 Å². The van der Waals surface area contributed by atoms with Crippen molar-refractivity contribution >= 4 is 17.6 Å². The maximum Gasteiger partial charge on any atom is 0.303 e. The normalized spacial score (nSPS) is 11.7. The van der Waals surface area contributed by atoms with Crippen LogP contribution in [0.1, 0.15) is 36.5 Å². The minimum absolute atomic E-state index is 0.103. The van der Waals surface area contributed by atoms with Crippen LogP contribution < -0.4 is 15.8 Å². The third kappa shape index (κ3) is 4.79. The van der Waals surface area contributed by atoms with Crippen molar-refractivity contribution in [2.24, 2.45) is 0 Å². The first kappa shape index (κ1) is 15.8. The fraction of sp³-hybridized carbons (Fsp3) is 0.429. The molecule has 0 saturated carbocycles.